The smallest absolute Gasteiger partial charge is 0.191 e. The van der Waals surface area contributed by atoms with Gasteiger partial charge in [-0.1, -0.05) is 30.3 Å². The predicted octanol–water partition coefficient (Wildman–Crippen LogP) is 2.86. The number of hydrogen-bond donors (Lipinski definition) is 3. The van der Waals surface area contributed by atoms with E-state index in [1.165, 1.54) is 0 Å². The monoisotopic (exact) mass is 512 g/mol. The highest BCUT2D eigenvalue weighted by molar-refractivity contribution is 14.0. The lowest BCUT2D eigenvalue weighted by molar-refractivity contribution is -0.00834. The molecular weight excluding hydrogens is 479 g/mol. The lowest BCUT2D eigenvalue weighted by atomic mass is 10.0. The first-order chi connectivity index (χ1) is 13.6. The SMILES string of the molecule is CCNC(=NCc1ncc(-c2ccccc2)[nH]1)NCC(C)(C)N1CCOCC1.I. The van der Waals surface area contributed by atoms with Gasteiger partial charge >= 0.3 is 0 Å². The van der Waals surface area contributed by atoms with E-state index in [1.54, 1.807) is 0 Å². The first-order valence-electron chi connectivity index (χ1n) is 10.0. The number of ether oxygens (including phenoxy) is 1. The molecule has 0 unspecified atom stereocenters. The van der Waals surface area contributed by atoms with Gasteiger partial charge in [-0.3, -0.25) is 4.90 Å². The Morgan fingerprint density at radius 1 is 1.21 bits per heavy atom. The average Bonchev–Trinajstić information content (AvgIpc) is 3.20. The summed E-state index contributed by atoms with van der Waals surface area (Å²) in [6.45, 7) is 12.3. The molecule has 0 aliphatic carbocycles. The Hall–Kier alpha value is -1.65. The number of aliphatic imine (C=N–C) groups is 1. The van der Waals surface area contributed by atoms with Crippen LogP contribution in [0.3, 0.4) is 0 Å². The van der Waals surface area contributed by atoms with Gasteiger partial charge in [0.05, 0.1) is 25.1 Å². The van der Waals surface area contributed by atoms with Gasteiger partial charge in [0.15, 0.2) is 5.96 Å². The number of nitrogens with one attached hydrogen (secondary N) is 3. The second-order valence-electron chi connectivity index (χ2n) is 7.57. The first-order valence-corrected chi connectivity index (χ1v) is 10.0. The van der Waals surface area contributed by atoms with Crippen molar-refractivity contribution in [3.8, 4) is 11.3 Å². The number of imidazole rings is 1. The second kappa shape index (κ2) is 11.5. The van der Waals surface area contributed by atoms with Crippen molar-refractivity contribution in [2.45, 2.75) is 32.9 Å². The number of aromatic amines is 1. The van der Waals surface area contributed by atoms with Gasteiger partial charge in [0, 0.05) is 31.7 Å². The van der Waals surface area contributed by atoms with E-state index in [9.17, 15) is 0 Å². The molecule has 3 rings (SSSR count). The number of nitrogens with zero attached hydrogens (tertiary/aromatic N) is 3. The van der Waals surface area contributed by atoms with Crippen molar-refractivity contribution in [1.82, 2.24) is 25.5 Å². The van der Waals surface area contributed by atoms with Crippen LogP contribution in [-0.2, 0) is 11.3 Å². The van der Waals surface area contributed by atoms with Gasteiger partial charge in [-0.2, -0.15) is 0 Å². The molecule has 2 aromatic rings. The minimum absolute atomic E-state index is 0. The fourth-order valence-corrected chi connectivity index (χ4v) is 3.28. The van der Waals surface area contributed by atoms with Gasteiger partial charge < -0.3 is 20.4 Å². The molecular formula is C21H33IN6O. The number of rotatable bonds is 7. The van der Waals surface area contributed by atoms with E-state index in [4.69, 9.17) is 9.73 Å². The molecule has 2 heterocycles. The highest BCUT2D eigenvalue weighted by Gasteiger charge is 2.28. The van der Waals surface area contributed by atoms with Crippen molar-refractivity contribution in [3.63, 3.8) is 0 Å². The van der Waals surface area contributed by atoms with E-state index in [0.717, 1.165) is 62.4 Å². The summed E-state index contributed by atoms with van der Waals surface area (Å²) in [5, 5.41) is 6.80. The Morgan fingerprint density at radius 3 is 2.62 bits per heavy atom. The molecule has 1 saturated heterocycles. The zero-order valence-electron chi connectivity index (χ0n) is 17.6. The summed E-state index contributed by atoms with van der Waals surface area (Å²) >= 11 is 0. The lowest BCUT2D eigenvalue weighted by Crippen LogP contribution is -2.56. The van der Waals surface area contributed by atoms with Crippen LogP contribution in [0.5, 0.6) is 0 Å². The van der Waals surface area contributed by atoms with Crippen molar-refractivity contribution in [2.75, 3.05) is 39.4 Å². The highest BCUT2D eigenvalue weighted by Crippen LogP contribution is 2.17. The quantitative estimate of drug-likeness (QED) is 0.302. The highest BCUT2D eigenvalue weighted by atomic mass is 127. The third-order valence-electron chi connectivity index (χ3n) is 5.00. The number of halogens is 1. The first kappa shape index (κ1) is 23.6. The Bertz CT molecular complexity index is 756. The van der Waals surface area contributed by atoms with Crippen LogP contribution in [0.2, 0.25) is 0 Å². The molecule has 1 aromatic heterocycles. The van der Waals surface area contributed by atoms with Crippen molar-refractivity contribution < 1.29 is 4.74 Å². The summed E-state index contributed by atoms with van der Waals surface area (Å²) in [4.78, 5) is 15.0. The van der Waals surface area contributed by atoms with Gasteiger partial charge in [-0.15, -0.1) is 24.0 Å². The number of morpholine rings is 1. The molecule has 0 spiro atoms. The Labute approximate surface area is 190 Å². The van der Waals surface area contributed by atoms with Crippen LogP contribution in [-0.4, -0.2) is 65.8 Å². The summed E-state index contributed by atoms with van der Waals surface area (Å²) in [5.74, 6) is 1.66. The molecule has 7 nitrogen and oxygen atoms in total. The number of hydrogen-bond acceptors (Lipinski definition) is 4. The fraction of sp³-hybridized carbons (Fsp3) is 0.524. The topological polar surface area (TPSA) is 77.6 Å². The van der Waals surface area contributed by atoms with Crippen molar-refractivity contribution in [3.05, 3.63) is 42.4 Å². The van der Waals surface area contributed by atoms with Crippen LogP contribution in [0.25, 0.3) is 11.3 Å². The van der Waals surface area contributed by atoms with Crippen LogP contribution < -0.4 is 10.6 Å². The molecule has 0 atom stereocenters. The van der Waals surface area contributed by atoms with Crippen LogP contribution >= 0.6 is 24.0 Å². The molecule has 1 aliphatic rings. The molecule has 3 N–H and O–H groups in total. The Morgan fingerprint density at radius 2 is 1.93 bits per heavy atom. The number of H-pyrrole nitrogens is 1. The number of guanidine groups is 1. The van der Waals surface area contributed by atoms with Crippen molar-refractivity contribution in [1.29, 1.82) is 0 Å². The predicted molar refractivity (Wildman–Crippen MR) is 129 cm³/mol. The van der Waals surface area contributed by atoms with E-state index in [2.05, 4.69) is 58.4 Å². The minimum atomic E-state index is 0. The molecule has 0 bridgehead atoms. The number of aromatic nitrogens is 2. The molecule has 0 saturated carbocycles. The molecule has 0 radical (unpaired) electrons. The molecule has 0 amide bonds. The maximum Gasteiger partial charge on any atom is 0.191 e. The van der Waals surface area contributed by atoms with Crippen LogP contribution in [0.15, 0.2) is 41.5 Å². The summed E-state index contributed by atoms with van der Waals surface area (Å²) in [6.07, 6.45) is 1.86. The maximum atomic E-state index is 5.47. The summed E-state index contributed by atoms with van der Waals surface area (Å²) in [7, 11) is 0. The average molecular weight is 512 g/mol. The lowest BCUT2D eigenvalue weighted by Gasteiger charge is -2.41. The Kier molecular flexibility index (Phi) is 9.38. The molecule has 1 aromatic carbocycles. The normalized spacial score (nSPS) is 15.6. The Balaban J connectivity index is 0.00000300. The largest absolute Gasteiger partial charge is 0.379 e. The molecule has 8 heteroatoms. The van der Waals surface area contributed by atoms with Gasteiger partial charge in [-0.25, -0.2) is 9.98 Å². The number of benzene rings is 1. The van der Waals surface area contributed by atoms with E-state index in [0.29, 0.717) is 6.54 Å². The summed E-state index contributed by atoms with van der Waals surface area (Å²) < 4.78 is 5.47. The molecule has 160 valence electrons. The zero-order valence-corrected chi connectivity index (χ0v) is 19.9. The third-order valence-corrected chi connectivity index (χ3v) is 5.00. The van der Waals surface area contributed by atoms with E-state index >= 15 is 0 Å². The second-order valence-corrected chi connectivity index (χ2v) is 7.57. The standard InChI is InChI=1S/C21H32N6O.HI/c1-4-22-20(25-16-21(2,3)27-10-12-28-13-11-27)24-15-19-23-14-18(26-19)17-8-6-5-7-9-17;/h5-9,14H,4,10-13,15-16H2,1-3H3,(H,23,26)(H2,22,24,25);1H. The van der Waals surface area contributed by atoms with Crippen LogP contribution in [0.1, 0.15) is 26.6 Å². The van der Waals surface area contributed by atoms with Gasteiger partial charge in [-0.05, 0) is 26.3 Å². The van der Waals surface area contributed by atoms with E-state index in [1.807, 2.05) is 24.4 Å². The van der Waals surface area contributed by atoms with E-state index in [-0.39, 0.29) is 29.5 Å². The van der Waals surface area contributed by atoms with Gasteiger partial charge in [0.2, 0.25) is 0 Å². The molecule has 29 heavy (non-hydrogen) atoms. The van der Waals surface area contributed by atoms with Crippen molar-refractivity contribution in [2.24, 2.45) is 4.99 Å². The fourth-order valence-electron chi connectivity index (χ4n) is 3.28. The third kappa shape index (κ3) is 6.97. The molecule has 1 fully saturated rings. The zero-order chi connectivity index (χ0) is 19.8. The van der Waals surface area contributed by atoms with Crippen molar-refractivity contribution >= 4 is 29.9 Å². The van der Waals surface area contributed by atoms with Crippen LogP contribution in [0, 0.1) is 0 Å². The molecule has 1 aliphatic heterocycles. The summed E-state index contributed by atoms with van der Waals surface area (Å²) in [5.41, 5.74) is 2.17. The maximum absolute atomic E-state index is 5.47. The van der Waals surface area contributed by atoms with Gasteiger partial charge in [0.1, 0.15) is 12.4 Å². The van der Waals surface area contributed by atoms with E-state index < -0.39 is 0 Å². The van der Waals surface area contributed by atoms with Gasteiger partial charge in [0.25, 0.3) is 0 Å². The summed E-state index contributed by atoms with van der Waals surface area (Å²) in [6, 6.07) is 10.2. The minimum Gasteiger partial charge on any atom is -0.379 e. The van der Waals surface area contributed by atoms with Crippen LogP contribution in [0.4, 0.5) is 0 Å².